The Bertz CT molecular complexity index is 1040. The molecular weight excluding hydrogens is 360 g/mol. The van der Waals surface area contributed by atoms with Gasteiger partial charge in [0.15, 0.2) is 5.82 Å². The molecule has 0 aliphatic carbocycles. The maximum Gasteiger partial charge on any atom is 0.416 e. The maximum absolute atomic E-state index is 13.2. The van der Waals surface area contributed by atoms with Crippen LogP contribution in [0.15, 0.2) is 47.3 Å². The van der Waals surface area contributed by atoms with E-state index in [9.17, 15) is 22.4 Å². The highest BCUT2D eigenvalue weighted by Gasteiger charge is 2.30. The van der Waals surface area contributed by atoms with Gasteiger partial charge in [-0.15, -0.1) is 0 Å². The van der Waals surface area contributed by atoms with Gasteiger partial charge in [0.05, 0.1) is 21.5 Å². The summed E-state index contributed by atoms with van der Waals surface area (Å²) in [5.41, 5.74) is -1.27. The van der Waals surface area contributed by atoms with Gasteiger partial charge in [0.25, 0.3) is 5.56 Å². The molecule has 0 bridgehead atoms. The number of fused-ring (bicyclic) bond motifs is 1. The van der Waals surface area contributed by atoms with Gasteiger partial charge in [-0.05, 0) is 42.0 Å². The summed E-state index contributed by atoms with van der Waals surface area (Å²) in [6, 6.07) is 8.15. The van der Waals surface area contributed by atoms with Crippen molar-refractivity contribution in [2.24, 2.45) is 0 Å². The molecule has 1 N–H and O–H groups in total. The summed E-state index contributed by atoms with van der Waals surface area (Å²) < 4.78 is 51.6. The number of aromatic amines is 1. The zero-order valence-electron chi connectivity index (χ0n) is 12.4. The van der Waals surface area contributed by atoms with E-state index in [4.69, 9.17) is 11.6 Å². The molecule has 3 rings (SSSR count). The number of nitrogens with zero attached hydrogens (tertiary/aromatic N) is 1. The SMILES string of the molecule is O=c1[nH]c(C(Cl)=Cc2cccc(F)c2)nc2cc(C(F)(F)F)ccc12. The van der Waals surface area contributed by atoms with Gasteiger partial charge in [-0.2, -0.15) is 13.2 Å². The molecule has 1 heterocycles. The number of benzene rings is 2. The van der Waals surface area contributed by atoms with Gasteiger partial charge in [0, 0.05) is 0 Å². The fourth-order valence-electron chi connectivity index (χ4n) is 2.24. The first-order chi connectivity index (χ1) is 11.7. The van der Waals surface area contributed by atoms with Crippen LogP contribution in [0.25, 0.3) is 22.0 Å². The molecule has 0 atom stereocenters. The highest BCUT2D eigenvalue weighted by atomic mass is 35.5. The molecule has 0 fully saturated rings. The Hall–Kier alpha value is -2.67. The van der Waals surface area contributed by atoms with Crippen molar-refractivity contribution in [3.63, 3.8) is 0 Å². The second-order valence-corrected chi connectivity index (χ2v) is 5.60. The normalized spacial score (nSPS) is 12.6. The van der Waals surface area contributed by atoms with Gasteiger partial charge in [0.1, 0.15) is 5.82 Å². The second-order valence-electron chi connectivity index (χ2n) is 5.19. The summed E-state index contributed by atoms with van der Waals surface area (Å²) in [6.45, 7) is 0. The Morgan fingerprint density at radius 2 is 1.92 bits per heavy atom. The lowest BCUT2D eigenvalue weighted by molar-refractivity contribution is -0.137. The molecule has 3 nitrogen and oxygen atoms in total. The molecule has 128 valence electrons. The van der Waals surface area contributed by atoms with Gasteiger partial charge >= 0.3 is 6.18 Å². The second kappa shape index (κ2) is 6.33. The van der Waals surface area contributed by atoms with Gasteiger partial charge < -0.3 is 4.98 Å². The van der Waals surface area contributed by atoms with Crippen LogP contribution in [0.4, 0.5) is 17.6 Å². The minimum Gasteiger partial charge on any atom is -0.305 e. The van der Waals surface area contributed by atoms with Crippen LogP contribution in [0.1, 0.15) is 17.0 Å². The third kappa shape index (κ3) is 3.71. The van der Waals surface area contributed by atoms with Crippen molar-refractivity contribution in [1.82, 2.24) is 9.97 Å². The molecule has 0 radical (unpaired) electrons. The van der Waals surface area contributed by atoms with Crippen LogP contribution < -0.4 is 5.56 Å². The van der Waals surface area contributed by atoms with Crippen LogP contribution in [-0.2, 0) is 6.18 Å². The highest BCUT2D eigenvalue weighted by Crippen LogP contribution is 2.30. The number of halogens is 5. The smallest absolute Gasteiger partial charge is 0.305 e. The molecule has 0 spiro atoms. The summed E-state index contributed by atoms with van der Waals surface area (Å²) in [6.07, 6.45) is -3.21. The average molecular weight is 369 g/mol. The number of H-pyrrole nitrogens is 1. The average Bonchev–Trinajstić information content (AvgIpc) is 2.53. The molecule has 25 heavy (non-hydrogen) atoms. The van der Waals surface area contributed by atoms with E-state index in [1.54, 1.807) is 6.07 Å². The topological polar surface area (TPSA) is 45.8 Å². The van der Waals surface area contributed by atoms with Crippen LogP contribution in [-0.4, -0.2) is 9.97 Å². The first-order valence-electron chi connectivity index (χ1n) is 6.98. The molecule has 0 saturated heterocycles. The van der Waals surface area contributed by atoms with Crippen LogP contribution in [0, 0.1) is 5.82 Å². The van der Waals surface area contributed by atoms with Crippen molar-refractivity contribution in [2.45, 2.75) is 6.18 Å². The third-order valence-corrected chi connectivity index (χ3v) is 3.69. The maximum atomic E-state index is 13.2. The third-order valence-electron chi connectivity index (χ3n) is 3.40. The molecular formula is C17H9ClF4N2O. The quantitative estimate of drug-likeness (QED) is 0.659. The van der Waals surface area contributed by atoms with Gasteiger partial charge in [0.2, 0.25) is 0 Å². The number of nitrogens with one attached hydrogen (secondary N) is 1. The summed E-state index contributed by atoms with van der Waals surface area (Å²) in [7, 11) is 0. The summed E-state index contributed by atoms with van der Waals surface area (Å²) in [5, 5.41) is -0.0333. The standard InChI is InChI=1S/C17H9ClF4N2O/c18-13(7-9-2-1-3-11(19)6-9)15-23-14-8-10(17(20,21)22)4-5-12(14)16(25)24-15/h1-8H,(H,23,24,25). The van der Waals surface area contributed by atoms with Crippen molar-refractivity contribution in [2.75, 3.05) is 0 Å². The van der Waals surface area contributed by atoms with Crippen LogP contribution in [0.2, 0.25) is 0 Å². The number of hydrogen-bond acceptors (Lipinski definition) is 2. The summed E-state index contributed by atoms with van der Waals surface area (Å²) >= 11 is 6.08. The zero-order valence-corrected chi connectivity index (χ0v) is 13.1. The zero-order chi connectivity index (χ0) is 18.2. The molecule has 8 heteroatoms. The monoisotopic (exact) mass is 368 g/mol. The van der Waals surface area contributed by atoms with E-state index < -0.39 is 23.1 Å². The number of rotatable bonds is 2. The molecule has 0 aliphatic heterocycles. The first kappa shape index (κ1) is 17.2. The van der Waals surface area contributed by atoms with E-state index in [1.807, 2.05) is 0 Å². The van der Waals surface area contributed by atoms with E-state index in [-0.39, 0.29) is 21.8 Å². The Kier molecular flexibility index (Phi) is 4.34. The van der Waals surface area contributed by atoms with Crippen molar-refractivity contribution in [3.8, 4) is 0 Å². The van der Waals surface area contributed by atoms with Crippen LogP contribution in [0.5, 0.6) is 0 Å². The predicted octanol–water partition coefficient (Wildman–Crippen LogP) is 4.82. The lowest BCUT2D eigenvalue weighted by Gasteiger charge is -2.08. The molecule has 0 unspecified atom stereocenters. The van der Waals surface area contributed by atoms with E-state index in [2.05, 4.69) is 9.97 Å². The van der Waals surface area contributed by atoms with Crippen molar-refractivity contribution < 1.29 is 17.6 Å². The fraction of sp³-hybridized carbons (Fsp3) is 0.0588. The Labute approximate surface area is 143 Å². The molecule has 0 aliphatic rings. The van der Waals surface area contributed by atoms with E-state index in [0.717, 1.165) is 18.2 Å². The minimum atomic E-state index is -4.56. The largest absolute Gasteiger partial charge is 0.416 e. The summed E-state index contributed by atoms with van der Waals surface area (Å²) in [4.78, 5) is 18.4. The van der Waals surface area contributed by atoms with Crippen molar-refractivity contribution >= 4 is 33.6 Å². The molecule has 0 saturated carbocycles. The van der Waals surface area contributed by atoms with Gasteiger partial charge in [-0.25, -0.2) is 9.37 Å². The molecule has 3 aromatic rings. The predicted molar refractivity (Wildman–Crippen MR) is 87.5 cm³/mol. The Morgan fingerprint density at radius 1 is 1.16 bits per heavy atom. The molecule has 0 amide bonds. The van der Waals surface area contributed by atoms with Crippen LogP contribution >= 0.6 is 11.6 Å². The van der Waals surface area contributed by atoms with Crippen molar-refractivity contribution in [3.05, 3.63) is 75.6 Å². The summed E-state index contributed by atoms with van der Waals surface area (Å²) in [5.74, 6) is -0.587. The molecule has 1 aromatic heterocycles. The lowest BCUT2D eigenvalue weighted by Crippen LogP contribution is -2.12. The van der Waals surface area contributed by atoms with E-state index in [1.165, 1.54) is 24.3 Å². The minimum absolute atomic E-state index is 0.00646. The highest BCUT2D eigenvalue weighted by molar-refractivity contribution is 6.50. The van der Waals surface area contributed by atoms with Gasteiger partial charge in [-0.1, -0.05) is 23.7 Å². The number of alkyl halides is 3. The number of hydrogen-bond donors (Lipinski definition) is 1. The van der Waals surface area contributed by atoms with Gasteiger partial charge in [-0.3, -0.25) is 4.79 Å². The number of aromatic nitrogens is 2. The van der Waals surface area contributed by atoms with Crippen LogP contribution in [0.3, 0.4) is 0 Å². The van der Waals surface area contributed by atoms with Crippen molar-refractivity contribution in [1.29, 1.82) is 0 Å². The fourth-order valence-corrected chi connectivity index (χ4v) is 2.46. The first-order valence-corrected chi connectivity index (χ1v) is 7.36. The lowest BCUT2D eigenvalue weighted by atomic mass is 10.1. The Balaban J connectivity index is 2.11. The van der Waals surface area contributed by atoms with E-state index in [0.29, 0.717) is 5.56 Å². The Morgan fingerprint density at radius 3 is 2.60 bits per heavy atom. The van der Waals surface area contributed by atoms with E-state index >= 15 is 0 Å². The molecule has 2 aromatic carbocycles.